The highest BCUT2D eigenvalue weighted by Gasteiger charge is 2.25. The lowest BCUT2D eigenvalue weighted by atomic mass is 10.00. The van der Waals surface area contributed by atoms with Gasteiger partial charge in [0.05, 0.1) is 60.6 Å². The van der Waals surface area contributed by atoms with Gasteiger partial charge in [-0.15, -0.1) is 0 Å². The van der Waals surface area contributed by atoms with Crippen LogP contribution in [0.15, 0.2) is 324 Å². The van der Waals surface area contributed by atoms with Crippen LogP contribution in [0.3, 0.4) is 0 Å². The van der Waals surface area contributed by atoms with Crippen LogP contribution >= 0.6 is 0 Å². The molecule has 0 spiro atoms. The van der Waals surface area contributed by atoms with Gasteiger partial charge in [0.1, 0.15) is 22.3 Å². The smallest absolute Gasteiger partial charge is 0.137 e. The molecule has 15 aromatic carbocycles. The number of nitrogens with zero attached hydrogens (tertiary/aromatic N) is 4. The SMILES string of the molecule is c1ccc(-c2cccc(-n3c4cc5c(cc4c4ccc6oc7ccccc7c6c43)c3ccccc3n5-c3ccccc3)c2)cc1.c1ccc(-n2c3cc4c(cc3c3ccc5oc6ccccc6c5c32)c2ccccc2n4-c2cc3ccccc3c3ccccc23)cc1. The van der Waals surface area contributed by atoms with Gasteiger partial charge in [-0.3, -0.25) is 0 Å². The molecule has 428 valence electrons. The predicted molar refractivity (Wildman–Crippen MR) is 385 cm³/mol. The van der Waals surface area contributed by atoms with E-state index in [0.29, 0.717) is 0 Å². The minimum absolute atomic E-state index is 0.899. The summed E-state index contributed by atoms with van der Waals surface area (Å²) in [6.45, 7) is 0. The quantitative estimate of drug-likeness (QED) is 0.161. The average molecular weight is 1170 g/mol. The molecular weight excluding hydrogens is 1120 g/mol. The highest BCUT2D eigenvalue weighted by atomic mass is 16.3. The largest absolute Gasteiger partial charge is 0.456 e. The number of hydrogen-bond acceptors (Lipinski definition) is 2. The van der Waals surface area contributed by atoms with E-state index < -0.39 is 0 Å². The van der Waals surface area contributed by atoms with E-state index in [9.17, 15) is 0 Å². The Balaban J connectivity index is 0.000000128. The average Bonchev–Trinajstić information content (AvgIpc) is 1.55. The third-order valence-electron chi connectivity index (χ3n) is 19.3. The molecule has 6 heteroatoms. The van der Waals surface area contributed by atoms with Crippen molar-refractivity contribution in [3.8, 4) is 33.9 Å². The fraction of sp³-hybridized carbons (Fsp3) is 0. The summed E-state index contributed by atoms with van der Waals surface area (Å²) in [5.74, 6) is 0. The molecule has 0 unspecified atom stereocenters. The molecule has 6 heterocycles. The zero-order chi connectivity index (χ0) is 60.1. The monoisotopic (exact) mass is 1170 g/mol. The molecule has 6 aromatic heterocycles. The van der Waals surface area contributed by atoms with Crippen LogP contribution in [0, 0.1) is 0 Å². The maximum absolute atomic E-state index is 6.42. The van der Waals surface area contributed by atoms with Gasteiger partial charge in [-0.1, -0.05) is 200 Å². The predicted octanol–water partition coefficient (Wildman–Crippen LogP) is 23.5. The molecule has 0 N–H and O–H groups in total. The third-order valence-corrected chi connectivity index (χ3v) is 19.3. The number of aromatic nitrogens is 4. The zero-order valence-corrected chi connectivity index (χ0v) is 49.6. The first-order valence-corrected chi connectivity index (χ1v) is 31.5. The molecule has 21 aromatic rings. The van der Waals surface area contributed by atoms with E-state index in [-0.39, 0.29) is 0 Å². The van der Waals surface area contributed by atoms with Crippen molar-refractivity contribution in [1.82, 2.24) is 18.3 Å². The summed E-state index contributed by atoms with van der Waals surface area (Å²) >= 11 is 0. The van der Waals surface area contributed by atoms with E-state index in [1.807, 2.05) is 12.1 Å². The topological polar surface area (TPSA) is 46.0 Å². The van der Waals surface area contributed by atoms with Crippen molar-refractivity contribution in [2.24, 2.45) is 0 Å². The number of rotatable bonds is 5. The van der Waals surface area contributed by atoms with Crippen LogP contribution in [0.4, 0.5) is 0 Å². The number of hydrogen-bond donors (Lipinski definition) is 0. The van der Waals surface area contributed by atoms with Gasteiger partial charge in [-0.05, 0) is 143 Å². The number of para-hydroxylation sites is 6. The fourth-order valence-electron chi connectivity index (χ4n) is 15.4. The first-order chi connectivity index (χ1) is 45.7. The molecular formula is C86H52N4O2. The highest BCUT2D eigenvalue weighted by Crippen LogP contribution is 2.47. The molecule has 0 aliphatic carbocycles. The minimum Gasteiger partial charge on any atom is -0.456 e. The van der Waals surface area contributed by atoms with Crippen LogP contribution in [0.25, 0.3) is 187 Å². The Bertz CT molecular complexity index is 6610. The summed E-state index contributed by atoms with van der Waals surface area (Å²) in [6.07, 6.45) is 0. The maximum Gasteiger partial charge on any atom is 0.137 e. The first-order valence-electron chi connectivity index (χ1n) is 31.5. The Morgan fingerprint density at radius 1 is 0.196 bits per heavy atom. The Labute approximate surface area is 526 Å². The van der Waals surface area contributed by atoms with E-state index in [1.165, 1.54) is 126 Å². The molecule has 0 bridgehead atoms. The van der Waals surface area contributed by atoms with E-state index in [1.54, 1.807) is 0 Å². The van der Waals surface area contributed by atoms with Crippen molar-refractivity contribution in [3.05, 3.63) is 315 Å². The van der Waals surface area contributed by atoms with Crippen LogP contribution in [0.2, 0.25) is 0 Å². The summed E-state index contributed by atoms with van der Waals surface area (Å²) in [4.78, 5) is 0. The molecule has 0 radical (unpaired) electrons. The Hall–Kier alpha value is -12.4. The standard InChI is InChI=1S/C44H26N2O.C42H26N2O/c1-2-13-28(14-3-1)45-39-26-40-35(25-36(39)33-22-23-42-43(44(33)45)34-19-9-11-21-41(34)47-42)32-18-8-10-20-37(32)46(40)38-24-27-12-4-5-15-29(27)30-16-6-7-17-31(30)38;1-3-12-27(13-4-1)28-14-11-17-30(24-28)44-38-26-37-34(31-18-7-9-20-36(31)43(37)29-15-5-2-6-16-29)25-35(38)32-22-23-40-41(42(32)44)33-19-8-10-21-39(33)45-40/h1-26H;1-26H. The first kappa shape index (κ1) is 50.6. The second-order valence-electron chi connectivity index (χ2n) is 24.3. The van der Waals surface area contributed by atoms with Crippen LogP contribution in [0.5, 0.6) is 0 Å². The summed E-state index contributed by atoms with van der Waals surface area (Å²) in [7, 11) is 0. The number of fused-ring (bicyclic) bond motifs is 23. The van der Waals surface area contributed by atoms with Gasteiger partial charge in [0, 0.05) is 76.3 Å². The molecule has 0 aliphatic heterocycles. The van der Waals surface area contributed by atoms with Crippen molar-refractivity contribution in [3.63, 3.8) is 0 Å². The number of furan rings is 2. The van der Waals surface area contributed by atoms with Gasteiger partial charge >= 0.3 is 0 Å². The summed E-state index contributed by atoms with van der Waals surface area (Å²) in [5.41, 5.74) is 20.1. The molecule has 0 saturated carbocycles. The van der Waals surface area contributed by atoms with Crippen molar-refractivity contribution >= 4 is 153 Å². The van der Waals surface area contributed by atoms with Gasteiger partial charge in [0.25, 0.3) is 0 Å². The molecule has 21 rings (SSSR count). The van der Waals surface area contributed by atoms with E-state index >= 15 is 0 Å². The summed E-state index contributed by atoms with van der Waals surface area (Å²) in [6, 6.07) is 114. The second kappa shape index (κ2) is 19.6. The lowest BCUT2D eigenvalue weighted by Gasteiger charge is -2.14. The molecule has 0 saturated heterocycles. The van der Waals surface area contributed by atoms with E-state index in [2.05, 4.69) is 322 Å². The van der Waals surface area contributed by atoms with Crippen molar-refractivity contribution in [1.29, 1.82) is 0 Å². The molecule has 0 aliphatic rings. The van der Waals surface area contributed by atoms with Crippen molar-refractivity contribution in [2.75, 3.05) is 0 Å². The fourth-order valence-corrected chi connectivity index (χ4v) is 15.4. The maximum atomic E-state index is 6.42. The summed E-state index contributed by atoms with van der Waals surface area (Å²) < 4.78 is 22.6. The highest BCUT2D eigenvalue weighted by molar-refractivity contribution is 6.29. The van der Waals surface area contributed by atoms with E-state index in [0.717, 1.165) is 60.9 Å². The van der Waals surface area contributed by atoms with Gasteiger partial charge in [0.2, 0.25) is 0 Å². The zero-order valence-electron chi connectivity index (χ0n) is 49.6. The van der Waals surface area contributed by atoms with E-state index in [4.69, 9.17) is 8.83 Å². The van der Waals surface area contributed by atoms with Gasteiger partial charge in [-0.2, -0.15) is 0 Å². The van der Waals surface area contributed by atoms with Crippen molar-refractivity contribution < 1.29 is 8.83 Å². The van der Waals surface area contributed by atoms with Crippen molar-refractivity contribution in [2.45, 2.75) is 0 Å². The molecule has 6 nitrogen and oxygen atoms in total. The normalized spacial score (nSPS) is 12.1. The van der Waals surface area contributed by atoms with Gasteiger partial charge in [0.15, 0.2) is 0 Å². The summed E-state index contributed by atoms with van der Waals surface area (Å²) in [5, 5.41) is 19.5. The lowest BCUT2D eigenvalue weighted by Crippen LogP contribution is -1.97. The molecule has 92 heavy (non-hydrogen) atoms. The third kappa shape index (κ3) is 7.31. The van der Waals surface area contributed by atoms with Crippen LogP contribution in [0.1, 0.15) is 0 Å². The molecule has 0 atom stereocenters. The number of benzene rings is 15. The Morgan fingerprint density at radius 3 is 1.21 bits per heavy atom. The Kier molecular flexibility index (Phi) is 10.8. The minimum atomic E-state index is 0.899. The lowest BCUT2D eigenvalue weighted by molar-refractivity contribution is 0.669. The molecule has 0 amide bonds. The second-order valence-corrected chi connectivity index (χ2v) is 24.3. The molecule has 0 fully saturated rings. The van der Waals surface area contributed by atoms with Gasteiger partial charge < -0.3 is 27.1 Å². The van der Waals surface area contributed by atoms with Crippen LogP contribution < -0.4 is 0 Å². The Morgan fingerprint density at radius 2 is 0.609 bits per heavy atom. The van der Waals surface area contributed by atoms with Crippen LogP contribution in [-0.4, -0.2) is 18.3 Å². The van der Waals surface area contributed by atoms with Gasteiger partial charge in [-0.25, -0.2) is 0 Å². The van der Waals surface area contributed by atoms with Crippen LogP contribution in [-0.2, 0) is 0 Å².